The van der Waals surface area contributed by atoms with Crippen LogP contribution in [0.4, 0.5) is 5.82 Å². The molecule has 0 aliphatic carbocycles. The highest BCUT2D eigenvalue weighted by Crippen LogP contribution is 2.19. The molecule has 1 aromatic heterocycles. The third kappa shape index (κ3) is 7.10. The molecule has 0 amide bonds. The minimum absolute atomic E-state index is 0. The summed E-state index contributed by atoms with van der Waals surface area (Å²) in [5.74, 6) is 1.73. The van der Waals surface area contributed by atoms with E-state index >= 15 is 0 Å². The summed E-state index contributed by atoms with van der Waals surface area (Å²) in [4.78, 5) is 11.6. The fraction of sp³-hybridized carbons (Fsp3) is 0.455. The van der Waals surface area contributed by atoms with Crippen LogP contribution in [0.15, 0.2) is 53.7 Å². The Bertz CT molecular complexity index is 769. The van der Waals surface area contributed by atoms with Crippen molar-refractivity contribution in [2.24, 2.45) is 4.99 Å². The molecule has 1 unspecified atom stereocenters. The fourth-order valence-electron chi connectivity index (χ4n) is 3.35. The number of rotatable bonds is 8. The Morgan fingerprint density at radius 2 is 1.93 bits per heavy atom. The van der Waals surface area contributed by atoms with Crippen molar-refractivity contribution < 1.29 is 9.84 Å². The first kappa shape index (κ1) is 24.4. The Labute approximate surface area is 196 Å². The number of anilines is 1. The molecule has 1 saturated heterocycles. The van der Waals surface area contributed by atoms with Gasteiger partial charge in [0, 0.05) is 43.9 Å². The highest BCUT2D eigenvalue weighted by atomic mass is 127. The molecule has 1 fully saturated rings. The van der Waals surface area contributed by atoms with Gasteiger partial charge < -0.3 is 25.4 Å². The minimum Gasteiger partial charge on any atom is -0.396 e. The van der Waals surface area contributed by atoms with Gasteiger partial charge in [-0.15, -0.1) is 24.0 Å². The fourth-order valence-corrected chi connectivity index (χ4v) is 3.35. The summed E-state index contributed by atoms with van der Waals surface area (Å²) in [6.45, 7) is 7.19. The highest BCUT2D eigenvalue weighted by molar-refractivity contribution is 14.0. The first-order chi connectivity index (χ1) is 14.3. The monoisotopic (exact) mass is 525 g/mol. The molecule has 0 spiro atoms. The van der Waals surface area contributed by atoms with Crippen LogP contribution in [-0.2, 0) is 11.3 Å². The van der Waals surface area contributed by atoms with Crippen molar-refractivity contribution in [3.63, 3.8) is 0 Å². The number of hydrogen-bond donors (Lipinski definition) is 3. The number of guanidine groups is 1. The van der Waals surface area contributed by atoms with Gasteiger partial charge in [0.1, 0.15) is 5.82 Å². The number of hydrogen-bond acceptors (Lipinski definition) is 5. The van der Waals surface area contributed by atoms with E-state index in [0.717, 1.165) is 55.8 Å². The third-order valence-electron chi connectivity index (χ3n) is 4.94. The van der Waals surface area contributed by atoms with Crippen LogP contribution in [0.3, 0.4) is 0 Å². The molecule has 1 atom stereocenters. The lowest BCUT2D eigenvalue weighted by Crippen LogP contribution is -2.40. The van der Waals surface area contributed by atoms with Crippen LogP contribution in [0.2, 0.25) is 0 Å². The smallest absolute Gasteiger partial charge is 0.191 e. The zero-order valence-electron chi connectivity index (χ0n) is 17.5. The Hall–Kier alpha value is -1.91. The second-order valence-corrected chi connectivity index (χ2v) is 6.95. The molecule has 3 N–H and O–H groups in total. The molecule has 1 aliphatic rings. The lowest BCUT2D eigenvalue weighted by atomic mass is 10.0. The topological polar surface area (TPSA) is 82.0 Å². The standard InChI is InChI=1S/C22H31N5O2.HI/c1-2-23-22(26-16-20(17-28)18-7-4-3-5-8-18)25-15-19-9-6-10-24-21(19)27-11-13-29-14-12-27;/h3-10,20,28H,2,11-17H2,1H3,(H2,23,25,26);1H. The van der Waals surface area contributed by atoms with Crippen molar-refractivity contribution in [2.75, 3.05) is 50.9 Å². The van der Waals surface area contributed by atoms with Crippen molar-refractivity contribution in [1.82, 2.24) is 15.6 Å². The molecular weight excluding hydrogens is 493 g/mol. The van der Waals surface area contributed by atoms with Gasteiger partial charge in [-0.1, -0.05) is 36.4 Å². The summed E-state index contributed by atoms with van der Waals surface area (Å²) >= 11 is 0. The molecule has 7 nitrogen and oxygen atoms in total. The van der Waals surface area contributed by atoms with Crippen LogP contribution in [-0.4, -0.2) is 62.0 Å². The predicted octanol–water partition coefficient (Wildman–Crippen LogP) is 2.37. The van der Waals surface area contributed by atoms with Crippen molar-refractivity contribution in [3.8, 4) is 0 Å². The lowest BCUT2D eigenvalue weighted by Gasteiger charge is -2.29. The number of aliphatic imine (C=N–C) groups is 1. The Morgan fingerprint density at radius 1 is 1.17 bits per heavy atom. The summed E-state index contributed by atoms with van der Waals surface area (Å²) in [7, 11) is 0. The second-order valence-electron chi connectivity index (χ2n) is 6.95. The molecule has 3 rings (SSSR count). The number of aliphatic hydroxyl groups is 1. The van der Waals surface area contributed by atoms with Crippen molar-refractivity contribution >= 4 is 35.8 Å². The van der Waals surface area contributed by atoms with Crippen LogP contribution in [0.25, 0.3) is 0 Å². The third-order valence-corrected chi connectivity index (χ3v) is 4.94. The van der Waals surface area contributed by atoms with E-state index in [1.54, 1.807) is 0 Å². The van der Waals surface area contributed by atoms with Gasteiger partial charge in [-0.2, -0.15) is 0 Å². The van der Waals surface area contributed by atoms with E-state index in [1.165, 1.54) is 0 Å². The Kier molecular flexibility index (Phi) is 10.9. The summed E-state index contributed by atoms with van der Waals surface area (Å²) in [5.41, 5.74) is 2.20. The number of pyridine rings is 1. The Balaban J connectivity index is 0.00000320. The first-order valence-electron chi connectivity index (χ1n) is 10.3. The second kappa shape index (κ2) is 13.4. The van der Waals surface area contributed by atoms with Gasteiger partial charge in [-0.05, 0) is 18.6 Å². The molecular formula is C22H32IN5O2. The van der Waals surface area contributed by atoms with Gasteiger partial charge in [-0.3, -0.25) is 0 Å². The van der Waals surface area contributed by atoms with Crippen molar-refractivity contribution in [3.05, 3.63) is 59.8 Å². The zero-order chi connectivity index (χ0) is 20.3. The van der Waals surface area contributed by atoms with E-state index in [0.29, 0.717) is 13.1 Å². The number of nitrogens with zero attached hydrogens (tertiary/aromatic N) is 3. The number of benzene rings is 1. The van der Waals surface area contributed by atoms with Gasteiger partial charge in [0.15, 0.2) is 5.96 Å². The quantitative estimate of drug-likeness (QED) is 0.279. The van der Waals surface area contributed by atoms with Gasteiger partial charge >= 0.3 is 0 Å². The van der Waals surface area contributed by atoms with Crippen molar-refractivity contribution in [1.29, 1.82) is 0 Å². The van der Waals surface area contributed by atoms with E-state index in [2.05, 4.69) is 26.6 Å². The molecule has 0 radical (unpaired) electrons. The minimum atomic E-state index is 0. The summed E-state index contributed by atoms with van der Waals surface area (Å²) in [6.07, 6.45) is 1.83. The molecule has 30 heavy (non-hydrogen) atoms. The number of aromatic nitrogens is 1. The number of halogens is 1. The maximum atomic E-state index is 9.79. The maximum Gasteiger partial charge on any atom is 0.191 e. The van der Waals surface area contributed by atoms with E-state index in [4.69, 9.17) is 9.73 Å². The maximum absolute atomic E-state index is 9.79. The van der Waals surface area contributed by atoms with E-state index in [-0.39, 0.29) is 36.5 Å². The average molecular weight is 525 g/mol. The first-order valence-corrected chi connectivity index (χ1v) is 10.3. The number of nitrogens with one attached hydrogen (secondary N) is 2. The predicted molar refractivity (Wildman–Crippen MR) is 132 cm³/mol. The van der Waals surface area contributed by atoms with Crippen LogP contribution in [0.5, 0.6) is 0 Å². The number of aliphatic hydroxyl groups excluding tert-OH is 1. The van der Waals surface area contributed by atoms with Gasteiger partial charge in [0.05, 0.1) is 26.4 Å². The van der Waals surface area contributed by atoms with Crippen LogP contribution >= 0.6 is 24.0 Å². The average Bonchev–Trinajstić information content (AvgIpc) is 2.79. The molecule has 0 saturated carbocycles. The van der Waals surface area contributed by atoms with E-state index in [9.17, 15) is 5.11 Å². The van der Waals surface area contributed by atoms with Crippen LogP contribution in [0, 0.1) is 0 Å². The molecule has 8 heteroatoms. The van der Waals surface area contributed by atoms with Gasteiger partial charge in [0.25, 0.3) is 0 Å². The molecule has 0 bridgehead atoms. The largest absolute Gasteiger partial charge is 0.396 e. The lowest BCUT2D eigenvalue weighted by molar-refractivity contribution is 0.122. The number of ether oxygens (including phenoxy) is 1. The van der Waals surface area contributed by atoms with Gasteiger partial charge in [-0.25, -0.2) is 9.98 Å². The Morgan fingerprint density at radius 3 is 2.63 bits per heavy atom. The summed E-state index contributed by atoms with van der Waals surface area (Å²) < 4.78 is 5.46. The van der Waals surface area contributed by atoms with Crippen LogP contribution in [0.1, 0.15) is 24.0 Å². The molecule has 1 aliphatic heterocycles. The zero-order valence-corrected chi connectivity index (χ0v) is 19.8. The van der Waals surface area contributed by atoms with E-state index in [1.807, 2.05) is 49.5 Å². The molecule has 2 heterocycles. The highest BCUT2D eigenvalue weighted by Gasteiger charge is 2.16. The normalized spacial score (nSPS) is 15.3. The van der Waals surface area contributed by atoms with Gasteiger partial charge in [0.2, 0.25) is 0 Å². The van der Waals surface area contributed by atoms with Crippen LogP contribution < -0.4 is 15.5 Å². The summed E-state index contributed by atoms with van der Waals surface area (Å²) in [6, 6.07) is 14.1. The van der Waals surface area contributed by atoms with E-state index < -0.39 is 0 Å². The molecule has 164 valence electrons. The number of morpholine rings is 1. The molecule has 1 aromatic carbocycles. The molecule has 2 aromatic rings. The SMILES string of the molecule is CCNC(=NCc1cccnc1N1CCOCC1)NCC(CO)c1ccccc1.I. The summed E-state index contributed by atoms with van der Waals surface area (Å²) in [5, 5.41) is 16.4. The van der Waals surface area contributed by atoms with Crippen molar-refractivity contribution in [2.45, 2.75) is 19.4 Å².